The molecule has 2 N–H and O–H groups in total. The van der Waals surface area contributed by atoms with Crippen LogP contribution in [0.1, 0.15) is 20.3 Å². The Bertz CT molecular complexity index is 587. The molecular formula is C13H19N3O. The molecule has 1 heterocycles. The number of nitrogens with zero attached hydrogens (tertiary/aromatic N) is 2. The van der Waals surface area contributed by atoms with Crippen LogP contribution in [0.5, 0.6) is 0 Å². The molecule has 0 spiro atoms. The van der Waals surface area contributed by atoms with Crippen molar-refractivity contribution < 1.29 is 0 Å². The lowest BCUT2D eigenvalue weighted by Crippen LogP contribution is -2.34. The van der Waals surface area contributed by atoms with Crippen molar-refractivity contribution in [2.45, 2.75) is 32.4 Å². The quantitative estimate of drug-likeness (QED) is 0.872. The number of rotatable bonds is 3. The third kappa shape index (κ3) is 2.26. The Kier molecular flexibility index (Phi) is 2.83. The Balaban J connectivity index is 2.47. The molecule has 0 aliphatic rings. The molecule has 92 valence electrons. The zero-order chi connectivity index (χ0) is 12.6. The predicted octanol–water partition coefficient (Wildman–Crippen LogP) is 1.47. The maximum absolute atomic E-state index is 12.1. The van der Waals surface area contributed by atoms with Gasteiger partial charge in [0.1, 0.15) is 0 Å². The van der Waals surface area contributed by atoms with Gasteiger partial charge in [-0.05, 0) is 32.4 Å². The molecule has 17 heavy (non-hydrogen) atoms. The Labute approximate surface area is 101 Å². The summed E-state index contributed by atoms with van der Waals surface area (Å²) in [4.78, 5) is 12.1. The Morgan fingerprint density at radius 3 is 2.41 bits per heavy atom. The van der Waals surface area contributed by atoms with Crippen LogP contribution in [0.25, 0.3) is 11.0 Å². The topological polar surface area (TPSA) is 53.0 Å². The average Bonchev–Trinajstić information content (AvgIpc) is 2.49. The number of hydrogen-bond donors (Lipinski definition) is 1. The molecule has 0 atom stereocenters. The zero-order valence-electron chi connectivity index (χ0n) is 10.6. The van der Waals surface area contributed by atoms with Crippen molar-refractivity contribution in [1.29, 1.82) is 0 Å². The highest BCUT2D eigenvalue weighted by atomic mass is 16.1. The second kappa shape index (κ2) is 4.04. The lowest BCUT2D eigenvalue weighted by molar-refractivity contribution is 0.434. The van der Waals surface area contributed by atoms with E-state index in [4.69, 9.17) is 5.73 Å². The van der Waals surface area contributed by atoms with Crippen LogP contribution in [0.15, 0.2) is 29.1 Å². The highest BCUT2D eigenvalue weighted by Gasteiger charge is 2.14. The van der Waals surface area contributed by atoms with Crippen molar-refractivity contribution in [2.24, 2.45) is 12.8 Å². The monoisotopic (exact) mass is 233 g/mol. The molecule has 1 aromatic carbocycles. The minimum absolute atomic E-state index is 0.0236. The van der Waals surface area contributed by atoms with Gasteiger partial charge in [0.25, 0.3) is 0 Å². The molecule has 0 radical (unpaired) electrons. The number of imidazole rings is 1. The molecule has 0 aliphatic carbocycles. The second-order valence-corrected chi connectivity index (χ2v) is 5.22. The third-order valence-corrected chi connectivity index (χ3v) is 3.03. The molecule has 4 heteroatoms. The summed E-state index contributed by atoms with van der Waals surface area (Å²) in [6.07, 6.45) is 0.779. The summed E-state index contributed by atoms with van der Waals surface area (Å²) in [7, 11) is 1.80. The van der Waals surface area contributed by atoms with E-state index in [0.717, 1.165) is 17.5 Å². The van der Waals surface area contributed by atoms with E-state index in [0.29, 0.717) is 6.54 Å². The van der Waals surface area contributed by atoms with Crippen molar-refractivity contribution >= 4 is 11.0 Å². The van der Waals surface area contributed by atoms with E-state index in [9.17, 15) is 4.79 Å². The van der Waals surface area contributed by atoms with Gasteiger partial charge in [-0.1, -0.05) is 12.1 Å². The van der Waals surface area contributed by atoms with Crippen molar-refractivity contribution in [3.05, 3.63) is 34.7 Å². The van der Waals surface area contributed by atoms with E-state index in [1.807, 2.05) is 38.1 Å². The van der Waals surface area contributed by atoms with Crippen molar-refractivity contribution in [2.75, 3.05) is 0 Å². The SMILES string of the molecule is Cn1c(=O)n(CCC(C)(C)N)c2ccccc21. The van der Waals surface area contributed by atoms with Crippen LogP contribution in [0.3, 0.4) is 0 Å². The largest absolute Gasteiger partial charge is 0.328 e. The summed E-state index contributed by atoms with van der Waals surface area (Å²) in [5.41, 5.74) is 7.67. The smallest absolute Gasteiger partial charge is 0.325 e. The first-order valence-electron chi connectivity index (χ1n) is 5.83. The summed E-state index contributed by atoms with van der Waals surface area (Å²) in [5.74, 6) is 0. The van der Waals surface area contributed by atoms with Crippen LogP contribution < -0.4 is 11.4 Å². The van der Waals surface area contributed by atoms with Gasteiger partial charge in [0.05, 0.1) is 11.0 Å². The average molecular weight is 233 g/mol. The molecule has 0 amide bonds. The van der Waals surface area contributed by atoms with Crippen LogP contribution in [0, 0.1) is 0 Å². The van der Waals surface area contributed by atoms with E-state index in [2.05, 4.69) is 0 Å². The molecular weight excluding hydrogens is 214 g/mol. The van der Waals surface area contributed by atoms with Crippen molar-refractivity contribution in [1.82, 2.24) is 9.13 Å². The standard InChI is InChI=1S/C13H19N3O/c1-13(2,14)8-9-16-11-7-5-4-6-10(11)15(3)12(16)17/h4-7H,8-9,14H2,1-3H3. The van der Waals surface area contributed by atoms with Gasteiger partial charge < -0.3 is 5.73 Å². The van der Waals surface area contributed by atoms with Gasteiger partial charge in [-0.25, -0.2) is 4.79 Å². The molecule has 2 aromatic rings. The highest BCUT2D eigenvalue weighted by molar-refractivity contribution is 5.75. The minimum atomic E-state index is -0.254. The highest BCUT2D eigenvalue weighted by Crippen LogP contribution is 2.13. The first-order chi connectivity index (χ1) is 7.90. The number of para-hydroxylation sites is 2. The van der Waals surface area contributed by atoms with Gasteiger partial charge >= 0.3 is 5.69 Å². The maximum Gasteiger partial charge on any atom is 0.328 e. The lowest BCUT2D eigenvalue weighted by atomic mass is 10.0. The molecule has 4 nitrogen and oxygen atoms in total. The molecule has 1 aromatic heterocycles. The number of hydrogen-bond acceptors (Lipinski definition) is 2. The number of fused-ring (bicyclic) bond motifs is 1. The fraction of sp³-hybridized carbons (Fsp3) is 0.462. The molecule has 0 fully saturated rings. The molecule has 0 aliphatic heterocycles. The first kappa shape index (κ1) is 11.9. The van der Waals surface area contributed by atoms with Crippen molar-refractivity contribution in [3.63, 3.8) is 0 Å². The summed E-state index contributed by atoms with van der Waals surface area (Å²) >= 11 is 0. The molecule has 0 saturated carbocycles. The van der Waals surface area contributed by atoms with E-state index >= 15 is 0 Å². The van der Waals surface area contributed by atoms with Crippen LogP contribution >= 0.6 is 0 Å². The molecule has 0 bridgehead atoms. The number of nitrogens with two attached hydrogens (primary N) is 1. The second-order valence-electron chi connectivity index (χ2n) is 5.22. The van der Waals surface area contributed by atoms with E-state index < -0.39 is 0 Å². The summed E-state index contributed by atoms with van der Waals surface area (Å²) in [6, 6.07) is 7.83. The maximum atomic E-state index is 12.1. The molecule has 2 rings (SSSR count). The summed E-state index contributed by atoms with van der Waals surface area (Å²) in [6.45, 7) is 4.61. The predicted molar refractivity (Wildman–Crippen MR) is 70.1 cm³/mol. The fourth-order valence-electron chi connectivity index (χ4n) is 1.98. The minimum Gasteiger partial charge on any atom is -0.325 e. The van der Waals surface area contributed by atoms with Crippen LogP contribution in [-0.4, -0.2) is 14.7 Å². The summed E-state index contributed by atoms with van der Waals surface area (Å²) < 4.78 is 3.47. The van der Waals surface area contributed by atoms with Gasteiger partial charge in [-0.15, -0.1) is 0 Å². The third-order valence-electron chi connectivity index (χ3n) is 3.03. The van der Waals surface area contributed by atoms with Gasteiger partial charge in [0, 0.05) is 19.1 Å². The summed E-state index contributed by atoms with van der Waals surface area (Å²) in [5, 5.41) is 0. The lowest BCUT2D eigenvalue weighted by Gasteiger charge is -2.18. The van der Waals surface area contributed by atoms with Crippen molar-refractivity contribution in [3.8, 4) is 0 Å². The number of benzene rings is 1. The van der Waals surface area contributed by atoms with E-state index in [-0.39, 0.29) is 11.2 Å². The van der Waals surface area contributed by atoms with Gasteiger partial charge in [0.15, 0.2) is 0 Å². The Morgan fingerprint density at radius 2 is 1.82 bits per heavy atom. The molecule has 0 unspecified atom stereocenters. The fourth-order valence-corrected chi connectivity index (χ4v) is 1.98. The van der Waals surface area contributed by atoms with Crippen LogP contribution in [-0.2, 0) is 13.6 Å². The molecule has 0 saturated heterocycles. The Hall–Kier alpha value is -1.55. The van der Waals surface area contributed by atoms with Crippen LogP contribution in [0.4, 0.5) is 0 Å². The van der Waals surface area contributed by atoms with Crippen LogP contribution in [0.2, 0.25) is 0 Å². The first-order valence-corrected chi connectivity index (χ1v) is 5.83. The number of aromatic nitrogens is 2. The van der Waals surface area contributed by atoms with E-state index in [1.54, 1.807) is 16.2 Å². The van der Waals surface area contributed by atoms with Gasteiger partial charge in [-0.3, -0.25) is 9.13 Å². The van der Waals surface area contributed by atoms with Gasteiger partial charge in [-0.2, -0.15) is 0 Å². The normalized spacial score (nSPS) is 12.2. The zero-order valence-corrected chi connectivity index (χ0v) is 10.6. The van der Waals surface area contributed by atoms with E-state index in [1.165, 1.54) is 0 Å². The van der Waals surface area contributed by atoms with Gasteiger partial charge in [0.2, 0.25) is 0 Å². The Morgan fingerprint density at radius 1 is 1.24 bits per heavy atom. The number of aryl methyl sites for hydroxylation is 2.